The topological polar surface area (TPSA) is 57.6 Å². The molecule has 2 aromatic rings. The van der Waals surface area contributed by atoms with Crippen molar-refractivity contribution < 1.29 is 9.59 Å². The maximum Gasteiger partial charge on any atom is 0.271 e. The number of benzene rings is 1. The van der Waals surface area contributed by atoms with E-state index in [0.29, 0.717) is 25.3 Å². The van der Waals surface area contributed by atoms with Gasteiger partial charge in [-0.15, -0.1) is 0 Å². The van der Waals surface area contributed by atoms with Crippen molar-refractivity contribution in [3.05, 3.63) is 48.2 Å². The summed E-state index contributed by atoms with van der Waals surface area (Å²) in [5.41, 5.74) is 1.76. The number of hydrogen-bond acceptors (Lipinski definition) is 3. The molecule has 1 N–H and O–H groups in total. The molecule has 1 aromatic heterocycles. The van der Waals surface area contributed by atoms with Crippen LogP contribution in [0.1, 0.15) is 62.4 Å². The van der Waals surface area contributed by atoms with Gasteiger partial charge in [-0.2, -0.15) is 0 Å². The Morgan fingerprint density at radius 3 is 2.30 bits per heavy atom. The summed E-state index contributed by atoms with van der Waals surface area (Å²) < 4.78 is 2.04. The quantitative estimate of drug-likeness (QED) is 0.719. The predicted octanol–water partition coefficient (Wildman–Crippen LogP) is 4.16. The smallest absolute Gasteiger partial charge is 0.271 e. The molecule has 6 heteroatoms. The number of fused-ring (bicyclic) bond motifs is 1. The molecule has 0 saturated heterocycles. The third-order valence-electron chi connectivity index (χ3n) is 7.28. The number of carbonyl (C=O) groups is 2. The van der Waals surface area contributed by atoms with Crippen molar-refractivity contribution in [3.8, 4) is 11.3 Å². The number of nitrogens with one attached hydrogen (secondary N) is 1. The number of nitrogens with zero attached hydrogens (tertiary/aromatic N) is 3. The Bertz CT molecular complexity index is 960. The first-order chi connectivity index (χ1) is 15.9. The average molecular weight is 451 g/mol. The van der Waals surface area contributed by atoms with Gasteiger partial charge in [-0.1, -0.05) is 62.4 Å². The Balaban J connectivity index is 1.66. The molecule has 2 aliphatic rings. The van der Waals surface area contributed by atoms with Crippen LogP contribution < -0.4 is 5.32 Å². The zero-order valence-electron chi connectivity index (χ0n) is 20.3. The molecular formula is C27H38N4O2. The first-order valence-corrected chi connectivity index (χ1v) is 12.4. The SMILES string of the molecule is CN(C)CCN1C(=O)c2ccc(-c3ccccc3)n2CC1(C)C(=O)NC1CCCCCCC1. The van der Waals surface area contributed by atoms with E-state index >= 15 is 0 Å². The van der Waals surface area contributed by atoms with E-state index in [2.05, 4.69) is 22.3 Å². The summed E-state index contributed by atoms with van der Waals surface area (Å²) in [6.45, 7) is 3.63. The maximum atomic E-state index is 13.8. The molecule has 2 heterocycles. The van der Waals surface area contributed by atoms with Gasteiger partial charge in [0, 0.05) is 24.8 Å². The van der Waals surface area contributed by atoms with Crippen LogP contribution in [0.3, 0.4) is 0 Å². The molecule has 33 heavy (non-hydrogen) atoms. The summed E-state index contributed by atoms with van der Waals surface area (Å²) in [5, 5.41) is 3.36. The second kappa shape index (κ2) is 10.1. The van der Waals surface area contributed by atoms with Crippen LogP contribution >= 0.6 is 0 Å². The molecule has 0 bridgehead atoms. The van der Waals surface area contributed by atoms with Gasteiger partial charge in [0.05, 0.1) is 6.54 Å². The highest BCUT2D eigenvalue weighted by atomic mass is 16.2. The summed E-state index contributed by atoms with van der Waals surface area (Å²) >= 11 is 0. The van der Waals surface area contributed by atoms with Gasteiger partial charge < -0.3 is 19.7 Å². The van der Waals surface area contributed by atoms with E-state index in [1.165, 1.54) is 19.3 Å². The van der Waals surface area contributed by atoms with Gasteiger partial charge in [-0.25, -0.2) is 0 Å². The molecular weight excluding hydrogens is 412 g/mol. The van der Waals surface area contributed by atoms with Crippen LogP contribution in [-0.2, 0) is 11.3 Å². The van der Waals surface area contributed by atoms with Crippen LogP contribution in [0, 0.1) is 0 Å². The largest absolute Gasteiger partial charge is 0.351 e. The molecule has 0 radical (unpaired) electrons. The number of hydrogen-bond donors (Lipinski definition) is 1. The molecule has 1 aliphatic heterocycles. The Hall–Kier alpha value is -2.60. The molecule has 6 nitrogen and oxygen atoms in total. The highest BCUT2D eigenvalue weighted by molar-refractivity contribution is 6.00. The lowest BCUT2D eigenvalue weighted by molar-refractivity contribution is -0.133. The molecule has 178 valence electrons. The van der Waals surface area contributed by atoms with E-state index in [1.807, 2.05) is 55.9 Å². The number of aromatic nitrogens is 1. The van der Waals surface area contributed by atoms with Crippen molar-refractivity contribution in [2.24, 2.45) is 0 Å². The van der Waals surface area contributed by atoms with Gasteiger partial charge in [0.15, 0.2) is 0 Å². The third kappa shape index (κ3) is 5.01. The number of carbonyl (C=O) groups excluding carboxylic acids is 2. The molecule has 1 aliphatic carbocycles. The van der Waals surface area contributed by atoms with Crippen molar-refractivity contribution in [2.75, 3.05) is 27.2 Å². The van der Waals surface area contributed by atoms with Crippen LogP contribution in [0.2, 0.25) is 0 Å². The van der Waals surface area contributed by atoms with E-state index < -0.39 is 5.54 Å². The minimum Gasteiger partial charge on any atom is -0.351 e. The zero-order chi connectivity index (χ0) is 23.4. The Labute approximate surface area is 197 Å². The van der Waals surface area contributed by atoms with Crippen LogP contribution in [0.5, 0.6) is 0 Å². The van der Waals surface area contributed by atoms with Gasteiger partial charge >= 0.3 is 0 Å². The van der Waals surface area contributed by atoms with E-state index in [0.717, 1.165) is 36.9 Å². The van der Waals surface area contributed by atoms with Crippen molar-refractivity contribution in [2.45, 2.75) is 70.0 Å². The maximum absolute atomic E-state index is 13.8. The molecule has 1 unspecified atom stereocenters. The van der Waals surface area contributed by atoms with Crippen LogP contribution in [0.15, 0.2) is 42.5 Å². The van der Waals surface area contributed by atoms with E-state index in [-0.39, 0.29) is 17.9 Å². The highest BCUT2D eigenvalue weighted by Gasteiger charge is 2.48. The first kappa shape index (κ1) is 23.6. The van der Waals surface area contributed by atoms with E-state index in [1.54, 1.807) is 4.90 Å². The fraction of sp³-hybridized carbons (Fsp3) is 0.556. The van der Waals surface area contributed by atoms with Crippen molar-refractivity contribution in [1.29, 1.82) is 0 Å². The average Bonchev–Trinajstić information content (AvgIpc) is 3.19. The Morgan fingerprint density at radius 1 is 1.00 bits per heavy atom. The van der Waals surface area contributed by atoms with Crippen LogP contribution in [-0.4, -0.2) is 64.9 Å². The van der Waals surface area contributed by atoms with E-state index in [9.17, 15) is 9.59 Å². The number of likely N-dealkylation sites (N-methyl/N-ethyl adjacent to an activating group) is 1. The minimum atomic E-state index is -0.939. The van der Waals surface area contributed by atoms with Gasteiger partial charge in [0.25, 0.3) is 5.91 Å². The van der Waals surface area contributed by atoms with Gasteiger partial charge in [-0.3, -0.25) is 9.59 Å². The minimum absolute atomic E-state index is 0.0291. The lowest BCUT2D eigenvalue weighted by Gasteiger charge is -2.45. The van der Waals surface area contributed by atoms with Crippen molar-refractivity contribution in [1.82, 2.24) is 19.7 Å². The van der Waals surface area contributed by atoms with Gasteiger partial charge in [-0.05, 0) is 51.6 Å². The standard InChI is InChI=1S/C27H38N4O2/c1-27(26(33)28-22-14-10-5-4-6-11-15-22)20-30-23(21-12-8-7-9-13-21)16-17-24(30)25(32)31(27)19-18-29(2)3/h7-9,12-13,16-17,22H,4-6,10-11,14-15,18-20H2,1-3H3,(H,28,33). The van der Waals surface area contributed by atoms with Gasteiger partial charge in [0.1, 0.15) is 11.2 Å². The fourth-order valence-corrected chi connectivity index (χ4v) is 5.23. The second-order valence-corrected chi connectivity index (χ2v) is 10.1. The second-order valence-electron chi connectivity index (χ2n) is 10.1. The molecule has 2 amide bonds. The van der Waals surface area contributed by atoms with Crippen molar-refractivity contribution >= 4 is 11.8 Å². The van der Waals surface area contributed by atoms with Gasteiger partial charge in [0.2, 0.25) is 5.91 Å². The van der Waals surface area contributed by atoms with Crippen LogP contribution in [0.25, 0.3) is 11.3 Å². The molecule has 1 fully saturated rings. The molecule has 1 aromatic carbocycles. The molecule has 1 saturated carbocycles. The van der Waals surface area contributed by atoms with Crippen LogP contribution in [0.4, 0.5) is 0 Å². The molecule has 4 rings (SSSR count). The zero-order valence-corrected chi connectivity index (χ0v) is 20.3. The lowest BCUT2D eigenvalue weighted by Crippen LogP contribution is -2.65. The monoisotopic (exact) mass is 450 g/mol. The predicted molar refractivity (Wildman–Crippen MR) is 132 cm³/mol. The number of rotatable bonds is 6. The Morgan fingerprint density at radius 2 is 1.64 bits per heavy atom. The molecule has 0 spiro atoms. The molecule has 1 atom stereocenters. The third-order valence-corrected chi connectivity index (χ3v) is 7.28. The van der Waals surface area contributed by atoms with E-state index in [4.69, 9.17) is 0 Å². The fourth-order valence-electron chi connectivity index (χ4n) is 5.23. The summed E-state index contributed by atoms with van der Waals surface area (Å²) in [4.78, 5) is 31.4. The summed E-state index contributed by atoms with van der Waals surface area (Å²) in [7, 11) is 3.99. The Kier molecular flexibility index (Phi) is 7.23. The normalized spacial score (nSPS) is 22.1. The summed E-state index contributed by atoms with van der Waals surface area (Å²) in [6.07, 6.45) is 8.14. The first-order valence-electron chi connectivity index (χ1n) is 12.4. The highest BCUT2D eigenvalue weighted by Crippen LogP contribution is 2.33. The van der Waals surface area contributed by atoms with Crippen molar-refractivity contribution in [3.63, 3.8) is 0 Å². The number of amides is 2. The summed E-state index contributed by atoms with van der Waals surface area (Å²) in [5.74, 6) is -0.0980. The summed E-state index contributed by atoms with van der Waals surface area (Å²) in [6, 6.07) is 14.2. The lowest BCUT2D eigenvalue weighted by atomic mass is 9.92.